The van der Waals surface area contributed by atoms with E-state index in [1.165, 1.54) is 19.2 Å². The van der Waals surface area contributed by atoms with Crippen LogP contribution < -0.4 is 10.1 Å². The van der Waals surface area contributed by atoms with Crippen LogP contribution in [0.3, 0.4) is 0 Å². The zero-order valence-electron chi connectivity index (χ0n) is 10.6. The molecular weight excluding hydrogens is 261 g/mol. The molecule has 0 bridgehead atoms. The second kappa shape index (κ2) is 5.44. The van der Waals surface area contributed by atoms with Crippen LogP contribution in [0.1, 0.15) is 20.8 Å². The van der Waals surface area contributed by atoms with Gasteiger partial charge in [-0.3, -0.25) is 5.32 Å². The Labute approximate surface area is 110 Å². The summed E-state index contributed by atoms with van der Waals surface area (Å²) in [5.74, 6) is -0.593. The fourth-order valence-electron chi connectivity index (χ4n) is 1.23. The van der Waals surface area contributed by atoms with Crippen molar-refractivity contribution in [1.82, 2.24) is 0 Å². The number of rotatable bonds is 2. The molecule has 0 spiro atoms. The van der Waals surface area contributed by atoms with E-state index < -0.39 is 17.5 Å². The second-order valence-corrected chi connectivity index (χ2v) is 4.97. The zero-order chi connectivity index (χ0) is 13.9. The summed E-state index contributed by atoms with van der Waals surface area (Å²) in [5.41, 5.74) is -0.814. The number of anilines is 1. The van der Waals surface area contributed by atoms with Crippen LogP contribution in [0.25, 0.3) is 0 Å². The van der Waals surface area contributed by atoms with Gasteiger partial charge in [0.05, 0.1) is 12.1 Å². The van der Waals surface area contributed by atoms with Gasteiger partial charge in [0, 0.05) is 0 Å². The van der Waals surface area contributed by atoms with Crippen molar-refractivity contribution in [3.63, 3.8) is 0 Å². The number of hydrogen-bond donors (Lipinski definition) is 1. The maximum Gasteiger partial charge on any atom is 0.412 e. The summed E-state index contributed by atoms with van der Waals surface area (Å²) < 4.78 is 23.7. The first-order chi connectivity index (χ1) is 8.24. The van der Waals surface area contributed by atoms with Crippen LogP contribution in [0, 0.1) is 5.82 Å². The van der Waals surface area contributed by atoms with E-state index in [-0.39, 0.29) is 16.5 Å². The second-order valence-electron chi connectivity index (χ2n) is 4.57. The average Bonchev–Trinajstić information content (AvgIpc) is 2.22. The standard InChI is InChI=1S/C12H15ClFNO3/c1-12(2,3)18-11(16)15-10-8(17-4)6-5-7(13)9(10)14/h5-6H,1-4H3,(H,15,16). The van der Waals surface area contributed by atoms with Gasteiger partial charge in [-0.05, 0) is 32.9 Å². The number of carbonyl (C=O) groups is 1. The summed E-state index contributed by atoms with van der Waals surface area (Å²) >= 11 is 5.64. The molecule has 1 amide bonds. The summed E-state index contributed by atoms with van der Waals surface area (Å²) in [7, 11) is 1.36. The largest absolute Gasteiger partial charge is 0.494 e. The van der Waals surface area contributed by atoms with E-state index in [4.69, 9.17) is 21.1 Å². The van der Waals surface area contributed by atoms with Gasteiger partial charge in [-0.1, -0.05) is 11.6 Å². The highest BCUT2D eigenvalue weighted by molar-refractivity contribution is 6.31. The number of halogens is 2. The van der Waals surface area contributed by atoms with Gasteiger partial charge in [0.2, 0.25) is 0 Å². The lowest BCUT2D eigenvalue weighted by molar-refractivity contribution is 0.0634. The Hall–Kier alpha value is -1.49. The molecule has 100 valence electrons. The first kappa shape index (κ1) is 14.6. The predicted molar refractivity (Wildman–Crippen MR) is 67.8 cm³/mol. The molecular formula is C12H15ClFNO3. The van der Waals surface area contributed by atoms with Crippen molar-refractivity contribution >= 4 is 23.4 Å². The van der Waals surface area contributed by atoms with E-state index in [1.54, 1.807) is 20.8 Å². The summed E-state index contributed by atoms with van der Waals surface area (Å²) in [5, 5.41) is 2.17. The van der Waals surface area contributed by atoms with E-state index in [9.17, 15) is 9.18 Å². The van der Waals surface area contributed by atoms with Gasteiger partial charge in [-0.2, -0.15) is 0 Å². The Morgan fingerprint density at radius 1 is 1.39 bits per heavy atom. The minimum Gasteiger partial charge on any atom is -0.494 e. The average molecular weight is 276 g/mol. The number of methoxy groups -OCH3 is 1. The molecule has 1 aromatic carbocycles. The third-order valence-corrected chi connectivity index (χ3v) is 2.19. The molecule has 0 radical (unpaired) electrons. The highest BCUT2D eigenvalue weighted by Gasteiger charge is 2.20. The Kier molecular flexibility index (Phi) is 4.40. The molecule has 1 N–H and O–H groups in total. The highest BCUT2D eigenvalue weighted by atomic mass is 35.5. The molecule has 0 atom stereocenters. The molecule has 0 unspecified atom stereocenters. The van der Waals surface area contributed by atoms with Gasteiger partial charge in [0.15, 0.2) is 5.82 Å². The molecule has 4 nitrogen and oxygen atoms in total. The number of ether oxygens (including phenoxy) is 2. The van der Waals surface area contributed by atoms with Gasteiger partial charge in [-0.25, -0.2) is 9.18 Å². The van der Waals surface area contributed by atoms with E-state index in [2.05, 4.69) is 5.32 Å². The van der Waals surface area contributed by atoms with E-state index >= 15 is 0 Å². The SMILES string of the molecule is COc1ccc(Cl)c(F)c1NC(=O)OC(C)(C)C. The molecule has 1 rings (SSSR count). The van der Waals surface area contributed by atoms with Crippen LogP contribution in [-0.4, -0.2) is 18.8 Å². The molecule has 0 aromatic heterocycles. The first-order valence-electron chi connectivity index (χ1n) is 5.26. The molecule has 6 heteroatoms. The van der Waals surface area contributed by atoms with Crippen molar-refractivity contribution in [2.45, 2.75) is 26.4 Å². The van der Waals surface area contributed by atoms with Crippen molar-refractivity contribution in [3.05, 3.63) is 23.0 Å². The van der Waals surface area contributed by atoms with Gasteiger partial charge in [-0.15, -0.1) is 0 Å². The lowest BCUT2D eigenvalue weighted by Gasteiger charge is -2.20. The fraction of sp³-hybridized carbons (Fsp3) is 0.417. The third kappa shape index (κ3) is 3.77. The Morgan fingerprint density at radius 2 is 2.00 bits per heavy atom. The molecule has 0 aliphatic carbocycles. The normalized spacial score (nSPS) is 11.0. The Bertz CT molecular complexity index is 457. The Balaban J connectivity index is 2.96. The monoisotopic (exact) mass is 275 g/mol. The number of hydrogen-bond acceptors (Lipinski definition) is 3. The van der Waals surface area contributed by atoms with Crippen molar-refractivity contribution in [1.29, 1.82) is 0 Å². The third-order valence-electron chi connectivity index (χ3n) is 1.90. The van der Waals surface area contributed by atoms with Crippen LogP contribution in [0.15, 0.2) is 12.1 Å². The van der Waals surface area contributed by atoms with Crippen molar-refractivity contribution in [3.8, 4) is 5.75 Å². The molecule has 18 heavy (non-hydrogen) atoms. The van der Waals surface area contributed by atoms with Crippen LogP contribution in [0.4, 0.5) is 14.9 Å². The molecule has 0 saturated carbocycles. The number of nitrogens with one attached hydrogen (secondary N) is 1. The molecule has 0 aliphatic heterocycles. The van der Waals surface area contributed by atoms with E-state index in [0.717, 1.165) is 0 Å². The molecule has 0 saturated heterocycles. The summed E-state index contributed by atoms with van der Waals surface area (Å²) in [4.78, 5) is 11.6. The van der Waals surface area contributed by atoms with Crippen LogP contribution in [0.5, 0.6) is 5.75 Å². The van der Waals surface area contributed by atoms with E-state index in [0.29, 0.717) is 0 Å². The summed E-state index contributed by atoms with van der Waals surface area (Å²) in [6.07, 6.45) is -0.776. The molecule has 0 heterocycles. The van der Waals surface area contributed by atoms with Gasteiger partial charge >= 0.3 is 6.09 Å². The maximum atomic E-state index is 13.8. The smallest absolute Gasteiger partial charge is 0.412 e. The molecule has 1 aromatic rings. The Morgan fingerprint density at radius 3 is 2.50 bits per heavy atom. The minimum absolute atomic E-state index is 0.109. The summed E-state index contributed by atoms with van der Waals surface area (Å²) in [6.45, 7) is 5.12. The first-order valence-corrected chi connectivity index (χ1v) is 5.64. The van der Waals surface area contributed by atoms with Crippen LogP contribution in [-0.2, 0) is 4.74 Å². The van der Waals surface area contributed by atoms with E-state index in [1.807, 2.05) is 0 Å². The van der Waals surface area contributed by atoms with Gasteiger partial charge in [0.25, 0.3) is 0 Å². The van der Waals surface area contributed by atoms with Crippen molar-refractivity contribution in [2.75, 3.05) is 12.4 Å². The van der Waals surface area contributed by atoms with Crippen molar-refractivity contribution < 1.29 is 18.7 Å². The lowest BCUT2D eigenvalue weighted by Crippen LogP contribution is -2.27. The van der Waals surface area contributed by atoms with Gasteiger partial charge in [0.1, 0.15) is 17.0 Å². The number of benzene rings is 1. The van der Waals surface area contributed by atoms with Crippen LogP contribution in [0.2, 0.25) is 5.02 Å². The van der Waals surface area contributed by atoms with Crippen molar-refractivity contribution in [2.24, 2.45) is 0 Å². The minimum atomic E-state index is -0.776. The molecule has 0 fully saturated rings. The highest BCUT2D eigenvalue weighted by Crippen LogP contribution is 2.32. The van der Waals surface area contributed by atoms with Crippen LogP contribution >= 0.6 is 11.6 Å². The predicted octanol–water partition coefficient (Wildman–Crippen LogP) is 3.83. The molecule has 0 aliphatic rings. The fourth-order valence-corrected chi connectivity index (χ4v) is 1.38. The number of amides is 1. The number of carbonyl (C=O) groups excluding carboxylic acids is 1. The topological polar surface area (TPSA) is 47.6 Å². The lowest BCUT2D eigenvalue weighted by atomic mass is 10.2. The summed E-state index contributed by atoms with van der Waals surface area (Å²) in [6, 6.07) is 2.80. The van der Waals surface area contributed by atoms with Gasteiger partial charge < -0.3 is 9.47 Å². The zero-order valence-corrected chi connectivity index (χ0v) is 11.4. The quantitative estimate of drug-likeness (QED) is 0.892. The maximum absolute atomic E-state index is 13.8.